The van der Waals surface area contributed by atoms with Crippen LogP contribution in [-0.4, -0.2) is 29.8 Å². The van der Waals surface area contributed by atoms with Crippen LogP contribution in [0.2, 0.25) is 0 Å². The molecule has 0 bridgehead atoms. The molecule has 6 nitrogen and oxygen atoms in total. The van der Waals surface area contributed by atoms with E-state index in [-0.39, 0.29) is 23.7 Å². The van der Waals surface area contributed by atoms with Crippen molar-refractivity contribution in [3.63, 3.8) is 0 Å². The lowest BCUT2D eigenvalue weighted by molar-refractivity contribution is -0.110. The summed E-state index contributed by atoms with van der Waals surface area (Å²) in [5.41, 5.74) is 5.21. The Hall–Kier alpha value is -3.97. The Labute approximate surface area is 216 Å². The topological polar surface area (TPSA) is 73.5 Å². The van der Waals surface area contributed by atoms with Crippen LogP contribution in [0.5, 0.6) is 0 Å². The number of rotatable bonds is 7. The highest BCUT2D eigenvalue weighted by Crippen LogP contribution is 2.33. The van der Waals surface area contributed by atoms with E-state index < -0.39 is 0 Å². The first kappa shape index (κ1) is 24.7. The minimum Gasteiger partial charge on any atom is -0.361 e. The number of piperidine rings is 1. The smallest absolute Gasteiger partial charge is 0.257 e. The number of hydrogen-bond donors (Lipinski definition) is 3. The highest BCUT2D eigenvalue weighted by atomic mass is 19.1. The standard InChI is InChI=1S/C30H31FN4O2/c1-20(22-7-10-24(31)11-8-22)33-29(36)23-9-14-28-26(17-23)27(30(37)34-28)18-32-25-12-5-21(6-13-25)19-35-15-3-2-4-16-35/h5-14,17-18,20,32H,2-4,15-16,19H2,1H3,(H,33,36)(H,34,37)/b27-18-/t20-/m1/s1. The summed E-state index contributed by atoms with van der Waals surface area (Å²) in [6, 6.07) is 19.2. The van der Waals surface area contributed by atoms with Gasteiger partial charge < -0.3 is 16.0 Å². The van der Waals surface area contributed by atoms with Crippen molar-refractivity contribution < 1.29 is 14.0 Å². The lowest BCUT2D eigenvalue weighted by Gasteiger charge is -2.26. The van der Waals surface area contributed by atoms with E-state index >= 15 is 0 Å². The summed E-state index contributed by atoms with van der Waals surface area (Å²) >= 11 is 0. The predicted molar refractivity (Wildman–Crippen MR) is 145 cm³/mol. The van der Waals surface area contributed by atoms with Crippen LogP contribution >= 0.6 is 0 Å². The molecular weight excluding hydrogens is 467 g/mol. The van der Waals surface area contributed by atoms with E-state index in [9.17, 15) is 14.0 Å². The van der Waals surface area contributed by atoms with E-state index in [2.05, 4.69) is 33.0 Å². The van der Waals surface area contributed by atoms with Crippen LogP contribution in [0.1, 0.15) is 59.3 Å². The maximum Gasteiger partial charge on any atom is 0.257 e. The second-order valence-corrected chi connectivity index (χ2v) is 9.70. The summed E-state index contributed by atoms with van der Waals surface area (Å²) in [4.78, 5) is 28.0. The van der Waals surface area contributed by atoms with E-state index in [4.69, 9.17) is 0 Å². The third-order valence-electron chi connectivity index (χ3n) is 6.97. The van der Waals surface area contributed by atoms with Crippen molar-refractivity contribution >= 4 is 28.8 Å². The first-order chi connectivity index (χ1) is 18.0. The van der Waals surface area contributed by atoms with Crippen LogP contribution in [0, 0.1) is 5.82 Å². The number of halogens is 1. The lowest BCUT2D eigenvalue weighted by atomic mass is 10.0. The van der Waals surface area contributed by atoms with Crippen molar-refractivity contribution in [2.24, 2.45) is 0 Å². The fraction of sp³-hybridized carbons (Fsp3) is 0.267. The third-order valence-corrected chi connectivity index (χ3v) is 6.97. The zero-order valence-corrected chi connectivity index (χ0v) is 20.9. The Bertz CT molecular complexity index is 1310. The highest BCUT2D eigenvalue weighted by molar-refractivity contribution is 6.32. The molecule has 2 amide bonds. The van der Waals surface area contributed by atoms with E-state index in [0.717, 1.165) is 30.9 Å². The molecule has 0 spiro atoms. The second-order valence-electron chi connectivity index (χ2n) is 9.70. The van der Waals surface area contributed by atoms with Gasteiger partial charge in [-0.15, -0.1) is 0 Å². The van der Waals surface area contributed by atoms with Gasteiger partial charge in [-0.05, 0) is 86.4 Å². The number of carbonyl (C=O) groups is 2. The lowest BCUT2D eigenvalue weighted by Crippen LogP contribution is -2.29. The number of nitrogens with zero attached hydrogens (tertiary/aromatic N) is 1. The second kappa shape index (κ2) is 11.0. The van der Waals surface area contributed by atoms with Crippen LogP contribution < -0.4 is 16.0 Å². The number of hydrogen-bond acceptors (Lipinski definition) is 4. The molecule has 0 unspecified atom stereocenters. The van der Waals surface area contributed by atoms with Gasteiger partial charge in [0.1, 0.15) is 5.82 Å². The van der Waals surface area contributed by atoms with Gasteiger partial charge in [0.05, 0.1) is 11.6 Å². The largest absolute Gasteiger partial charge is 0.361 e. The number of fused-ring (bicyclic) bond motifs is 1. The highest BCUT2D eigenvalue weighted by Gasteiger charge is 2.25. The molecule has 7 heteroatoms. The van der Waals surface area contributed by atoms with Crippen molar-refractivity contribution in [1.29, 1.82) is 0 Å². The number of nitrogens with one attached hydrogen (secondary N) is 3. The molecule has 1 saturated heterocycles. The summed E-state index contributed by atoms with van der Waals surface area (Å²) in [5, 5.41) is 9.02. The summed E-state index contributed by atoms with van der Waals surface area (Å²) in [6.45, 7) is 5.12. The Morgan fingerprint density at radius 1 is 1.03 bits per heavy atom. The Kier molecular flexibility index (Phi) is 7.32. The summed E-state index contributed by atoms with van der Waals surface area (Å²) in [6.07, 6.45) is 5.55. The Balaban J connectivity index is 1.26. The number of carbonyl (C=O) groups excluding carboxylic acids is 2. The number of benzene rings is 3. The van der Waals surface area contributed by atoms with Crippen LogP contribution in [0.25, 0.3) is 5.57 Å². The van der Waals surface area contributed by atoms with Crippen LogP contribution in [-0.2, 0) is 11.3 Å². The van der Waals surface area contributed by atoms with E-state index in [0.29, 0.717) is 22.4 Å². The third kappa shape index (κ3) is 5.89. The van der Waals surface area contributed by atoms with Crippen molar-refractivity contribution in [2.45, 2.75) is 38.8 Å². The van der Waals surface area contributed by atoms with Gasteiger partial charge in [-0.3, -0.25) is 14.5 Å². The summed E-state index contributed by atoms with van der Waals surface area (Å²) < 4.78 is 13.2. The summed E-state index contributed by atoms with van der Waals surface area (Å²) in [7, 11) is 0. The fourth-order valence-electron chi connectivity index (χ4n) is 4.82. The van der Waals surface area contributed by atoms with Gasteiger partial charge in [0.2, 0.25) is 0 Å². The van der Waals surface area contributed by atoms with E-state index in [1.54, 1.807) is 36.5 Å². The molecule has 1 atom stereocenters. The molecule has 190 valence electrons. The van der Waals surface area contributed by atoms with Gasteiger partial charge in [-0.25, -0.2) is 4.39 Å². The Morgan fingerprint density at radius 3 is 2.49 bits per heavy atom. The molecule has 0 radical (unpaired) electrons. The van der Waals surface area contributed by atoms with Crippen molar-refractivity contribution in [2.75, 3.05) is 23.7 Å². The molecule has 1 fully saturated rings. The maximum absolute atomic E-state index is 13.2. The summed E-state index contributed by atoms with van der Waals surface area (Å²) in [5.74, 6) is -0.809. The average Bonchev–Trinajstić information content (AvgIpc) is 3.23. The predicted octanol–water partition coefficient (Wildman–Crippen LogP) is 5.71. The Morgan fingerprint density at radius 2 is 1.76 bits per heavy atom. The van der Waals surface area contributed by atoms with Crippen molar-refractivity contribution in [1.82, 2.24) is 10.2 Å². The molecule has 0 saturated carbocycles. The molecule has 3 aromatic rings. The van der Waals surface area contributed by atoms with Crippen molar-refractivity contribution in [3.8, 4) is 0 Å². The first-order valence-electron chi connectivity index (χ1n) is 12.8. The van der Waals surface area contributed by atoms with Gasteiger partial charge in [0.25, 0.3) is 11.8 Å². The molecule has 2 aliphatic rings. The normalized spacial score (nSPS) is 17.2. The average molecular weight is 499 g/mol. The molecule has 3 aromatic carbocycles. The maximum atomic E-state index is 13.2. The van der Waals surface area contributed by atoms with Gasteiger partial charge in [0, 0.05) is 35.2 Å². The monoisotopic (exact) mass is 498 g/mol. The zero-order valence-electron chi connectivity index (χ0n) is 20.9. The van der Waals surface area contributed by atoms with Crippen molar-refractivity contribution in [3.05, 3.63) is 101 Å². The minimum absolute atomic E-state index is 0.221. The number of amides is 2. The SMILES string of the molecule is C[C@@H](NC(=O)c1ccc2c(c1)/C(=C/Nc1ccc(CN3CCCCC3)cc1)C(=O)N2)c1ccc(F)cc1. The zero-order chi connectivity index (χ0) is 25.8. The molecule has 0 aliphatic carbocycles. The quantitative estimate of drug-likeness (QED) is 0.365. The number of anilines is 2. The fourth-order valence-corrected chi connectivity index (χ4v) is 4.82. The van der Waals surface area contributed by atoms with Gasteiger partial charge in [0.15, 0.2) is 0 Å². The van der Waals surface area contributed by atoms with E-state index in [1.807, 2.05) is 19.1 Å². The van der Waals surface area contributed by atoms with E-state index in [1.165, 1.54) is 37.0 Å². The molecule has 2 aliphatic heterocycles. The van der Waals surface area contributed by atoms with Gasteiger partial charge in [-0.1, -0.05) is 30.7 Å². The minimum atomic E-state index is -0.320. The molecule has 0 aromatic heterocycles. The van der Waals surface area contributed by atoms with Crippen LogP contribution in [0.15, 0.2) is 72.9 Å². The van der Waals surface area contributed by atoms with Gasteiger partial charge >= 0.3 is 0 Å². The molecule has 37 heavy (non-hydrogen) atoms. The number of likely N-dealkylation sites (tertiary alicyclic amines) is 1. The first-order valence-corrected chi connectivity index (χ1v) is 12.8. The molecule has 3 N–H and O–H groups in total. The molecule has 5 rings (SSSR count). The van der Waals surface area contributed by atoms with Crippen LogP contribution in [0.3, 0.4) is 0 Å². The van der Waals surface area contributed by atoms with Crippen LogP contribution in [0.4, 0.5) is 15.8 Å². The molecule has 2 heterocycles. The molecular formula is C30H31FN4O2. The van der Waals surface area contributed by atoms with Gasteiger partial charge in [-0.2, -0.15) is 0 Å².